The third-order valence-electron chi connectivity index (χ3n) is 5.27. The average Bonchev–Trinajstić information content (AvgIpc) is 3.29. The minimum atomic E-state index is -3.39. The number of aromatic amines is 1. The topological polar surface area (TPSA) is 113 Å². The van der Waals surface area contributed by atoms with E-state index in [2.05, 4.69) is 30.0 Å². The normalized spacial score (nSPS) is 15.1. The summed E-state index contributed by atoms with van der Waals surface area (Å²) in [4.78, 5) is 16.1. The minimum Gasteiger partial charge on any atom is -0.353 e. The molecule has 4 rings (SSSR count). The lowest BCUT2D eigenvalue weighted by Gasteiger charge is -2.22. The molecule has 2 heterocycles. The van der Waals surface area contributed by atoms with Crippen molar-refractivity contribution in [2.75, 3.05) is 17.6 Å². The molecule has 0 amide bonds. The molecule has 31 heavy (non-hydrogen) atoms. The summed E-state index contributed by atoms with van der Waals surface area (Å²) in [6.45, 7) is 0.172. The Morgan fingerprint density at radius 1 is 1.10 bits per heavy atom. The van der Waals surface area contributed by atoms with Crippen molar-refractivity contribution in [1.82, 2.24) is 24.7 Å². The fourth-order valence-electron chi connectivity index (χ4n) is 3.71. The van der Waals surface area contributed by atoms with Gasteiger partial charge in [0.15, 0.2) is 0 Å². The molecule has 1 aliphatic rings. The largest absolute Gasteiger partial charge is 0.353 e. The van der Waals surface area contributed by atoms with Crippen molar-refractivity contribution in [3.63, 3.8) is 0 Å². The summed E-state index contributed by atoms with van der Waals surface area (Å²) >= 11 is 0. The van der Waals surface area contributed by atoms with Crippen LogP contribution in [0.15, 0.2) is 42.9 Å². The van der Waals surface area contributed by atoms with E-state index in [0.717, 1.165) is 25.7 Å². The highest BCUT2D eigenvalue weighted by Gasteiger charge is 2.20. The Labute approximate surface area is 180 Å². The Bertz CT molecular complexity index is 1100. The number of aromatic nitrogens is 4. The number of benzene rings is 1. The second kappa shape index (κ2) is 9.52. The number of imidazole rings is 1. The lowest BCUT2D eigenvalue weighted by Crippen LogP contribution is -2.38. The number of sulfonamides is 1. The van der Waals surface area contributed by atoms with Gasteiger partial charge in [0.2, 0.25) is 16.0 Å². The van der Waals surface area contributed by atoms with Gasteiger partial charge in [-0.1, -0.05) is 19.3 Å². The lowest BCUT2D eigenvalue weighted by molar-refractivity contribution is 0.412. The zero-order valence-corrected chi connectivity index (χ0v) is 17.8. The second-order valence-electron chi connectivity index (χ2n) is 7.60. The molecule has 3 N–H and O–H groups in total. The Kier molecular flexibility index (Phi) is 6.57. The van der Waals surface area contributed by atoms with Crippen LogP contribution in [-0.2, 0) is 10.0 Å². The van der Waals surface area contributed by atoms with Crippen LogP contribution in [-0.4, -0.2) is 46.7 Å². The van der Waals surface area contributed by atoms with Gasteiger partial charge in [0, 0.05) is 36.7 Å². The van der Waals surface area contributed by atoms with Crippen LogP contribution in [0.4, 0.5) is 10.3 Å². The van der Waals surface area contributed by atoms with Gasteiger partial charge in [-0.05, 0) is 37.1 Å². The Morgan fingerprint density at radius 3 is 2.58 bits per heavy atom. The number of H-pyrrole nitrogens is 1. The first-order chi connectivity index (χ1) is 15.0. The summed E-state index contributed by atoms with van der Waals surface area (Å²) in [5.74, 6) is 0.470. The highest BCUT2D eigenvalue weighted by atomic mass is 32.2. The maximum absolute atomic E-state index is 13.4. The molecule has 0 atom stereocenters. The highest BCUT2D eigenvalue weighted by Crippen LogP contribution is 2.29. The van der Waals surface area contributed by atoms with Gasteiger partial charge in [0.05, 0.1) is 17.0 Å². The molecule has 1 aliphatic carbocycles. The van der Waals surface area contributed by atoms with Gasteiger partial charge < -0.3 is 10.3 Å². The maximum atomic E-state index is 13.4. The van der Waals surface area contributed by atoms with Crippen molar-refractivity contribution in [2.24, 2.45) is 0 Å². The molecule has 164 valence electrons. The predicted molar refractivity (Wildman–Crippen MR) is 117 cm³/mol. The number of halogens is 1. The summed E-state index contributed by atoms with van der Waals surface area (Å²) in [6.07, 6.45) is 10.0. The summed E-state index contributed by atoms with van der Waals surface area (Å²) in [5, 5.41) is 2.99. The first kappa shape index (κ1) is 21.4. The molecule has 0 spiro atoms. The smallest absolute Gasteiger partial charge is 0.223 e. The third kappa shape index (κ3) is 5.65. The molecule has 0 bridgehead atoms. The predicted octanol–water partition coefficient (Wildman–Crippen LogP) is 3.34. The molecule has 0 unspecified atom stereocenters. The Balaban J connectivity index is 1.47. The number of hydrogen-bond acceptors (Lipinski definition) is 6. The monoisotopic (exact) mass is 444 g/mol. The zero-order chi connectivity index (χ0) is 21.7. The first-order valence-corrected chi connectivity index (χ1v) is 12.0. The van der Waals surface area contributed by atoms with Crippen LogP contribution in [0.1, 0.15) is 32.1 Å². The van der Waals surface area contributed by atoms with Crippen molar-refractivity contribution in [3.8, 4) is 22.6 Å². The Morgan fingerprint density at radius 2 is 1.87 bits per heavy atom. The van der Waals surface area contributed by atoms with E-state index in [4.69, 9.17) is 0 Å². The number of hydrogen-bond donors (Lipinski definition) is 3. The van der Waals surface area contributed by atoms with Crippen LogP contribution < -0.4 is 10.0 Å². The van der Waals surface area contributed by atoms with E-state index in [9.17, 15) is 12.8 Å². The fraction of sp³-hybridized carbons (Fsp3) is 0.381. The molecule has 8 nitrogen and oxygen atoms in total. The van der Waals surface area contributed by atoms with Gasteiger partial charge in [-0.3, -0.25) is 0 Å². The minimum absolute atomic E-state index is 0.0349. The summed E-state index contributed by atoms with van der Waals surface area (Å²) in [6, 6.07) is 6.02. The molecule has 1 aromatic carbocycles. The van der Waals surface area contributed by atoms with E-state index in [1.165, 1.54) is 18.6 Å². The zero-order valence-electron chi connectivity index (χ0n) is 17.0. The molecule has 0 aliphatic heterocycles. The van der Waals surface area contributed by atoms with Crippen LogP contribution in [0.25, 0.3) is 22.6 Å². The third-order valence-corrected chi connectivity index (χ3v) is 6.70. The van der Waals surface area contributed by atoms with E-state index >= 15 is 0 Å². The van der Waals surface area contributed by atoms with Crippen molar-refractivity contribution in [1.29, 1.82) is 0 Å². The fourth-order valence-corrected chi connectivity index (χ4v) is 4.94. The summed E-state index contributed by atoms with van der Waals surface area (Å²) < 4.78 is 40.9. The molecule has 0 saturated heterocycles. The number of nitrogens with zero attached hydrogens (tertiary/aromatic N) is 3. The molecule has 1 saturated carbocycles. The molecule has 0 radical (unpaired) electrons. The lowest BCUT2D eigenvalue weighted by atomic mass is 9.96. The number of rotatable bonds is 8. The highest BCUT2D eigenvalue weighted by molar-refractivity contribution is 7.89. The van der Waals surface area contributed by atoms with Crippen molar-refractivity contribution in [2.45, 2.75) is 38.1 Å². The van der Waals surface area contributed by atoms with Gasteiger partial charge in [0.25, 0.3) is 0 Å². The Hall–Kier alpha value is -2.85. The van der Waals surface area contributed by atoms with Crippen LogP contribution in [0.3, 0.4) is 0 Å². The van der Waals surface area contributed by atoms with Crippen LogP contribution >= 0.6 is 0 Å². The van der Waals surface area contributed by atoms with Crippen molar-refractivity contribution >= 4 is 16.0 Å². The van der Waals surface area contributed by atoms with Gasteiger partial charge in [-0.15, -0.1) is 0 Å². The summed E-state index contributed by atoms with van der Waals surface area (Å²) in [5.41, 5.74) is 1.93. The van der Waals surface area contributed by atoms with Crippen LogP contribution in [0.2, 0.25) is 0 Å². The number of anilines is 1. The van der Waals surface area contributed by atoms with E-state index in [0.29, 0.717) is 28.6 Å². The first-order valence-electron chi connectivity index (χ1n) is 10.4. The van der Waals surface area contributed by atoms with E-state index in [1.54, 1.807) is 30.7 Å². The van der Waals surface area contributed by atoms with Gasteiger partial charge >= 0.3 is 0 Å². The molecule has 2 aromatic heterocycles. The van der Waals surface area contributed by atoms with Gasteiger partial charge in [-0.25, -0.2) is 32.5 Å². The van der Waals surface area contributed by atoms with E-state index < -0.39 is 10.0 Å². The summed E-state index contributed by atoms with van der Waals surface area (Å²) in [7, 11) is -3.39. The maximum Gasteiger partial charge on any atom is 0.223 e. The molecule has 3 aromatic rings. The van der Waals surface area contributed by atoms with Gasteiger partial charge in [-0.2, -0.15) is 0 Å². The molecule has 1 fully saturated rings. The van der Waals surface area contributed by atoms with E-state index in [1.807, 2.05) is 0 Å². The standard InChI is InChI=1S/C21H25FN6O2S/c22-16-8-6-15(7-9-16)19-18(20-23-10-11-24-20)14-26-21(27-19)25-12-13-31(29,30)28-17-4-2-1-3-5-17/h6-11,14,17,28H,1-5,12-13H2,(H,23,24)(H,25,26,27). The average molecular weight is 445 g/mol. The van der Waals surface area contributed by atoms with E-state index in [-0.39, 0.29) is 24.2 Å². The van der Waals surface area contributed by atoms with Crippen LogP contribution in [0.5, 0.6) is 0 Å². The van der Waals surface area contributed by atoms with Crippen molar-refractivity contribution < 1.29 is 12.8 Å². The molecular weight excluding hydrogens is 419 g/mol. The van der Waals surface area contributed by atoms with Crippen molar-refractivity contribution in [3.05, 3.63) is 48.7 Å². The quantitative estimate of drug-likeness (QED) is 0.491. The number of nitrogens with one attached hydrogen (secondary N) is 3. The van der Waals surface area contributed by atoms with Crippen LogP contribution in [0, 0.1) is 5.82 Å². The molecule has 10 heteroatoms. The molecular formula is C21H25FN6O2S. The van der Waals surface area contributed by atoms with Gasteiger partial charge in [0.1, 0.15) is 11.6 Å². The second-order valence-corrected chi connectivity index (χ2v) is 9.47. The SMILES string of the molecule is O=S(=O)(CCNc1ncc(-c2ncc[nH]2)c(-c2ccc(F)cc2)n1)NC1CCCCC1.